The highest BCUT2D eigenvalue weighted by molar-refractivity contribution is 6.71. The SMILES string of the molecule is CCO[Si](C)(C)CCO[Si](C)(C)OC. The van der Waals surface area contributed by atoms with Crippen LogP contribution in [0.3, 0.4) is 0 Å². The monoisotopic (exact) mass is 236 g/mol. The van der Waals surface area contributed by atoms with Crippen LogP contribution in [0.4, 0.5) is 0 Å². The van der Waals surface area contributed by atoms with Gasteiger partial charge in [0.2, 0.25) is 0 Å². The van der Waals surface area contributed by atoms with Crippen LogP contribution < -0.4 is 0 Å². The Morgan fingerprint density at radius 1 is 1.00 bits per heavy atom. The Balaban J connectivity index is 3.73. The van der Waals surface area contributed by atoms with Gasteiger partial charge in [-0.25, -0.2) is 0 Å². The van der Waals surface area contributed by atoms with E-state index in [1.165, 1.54) is 0 Å². The average Bonchev–Trinajstić information content (AvgIpc) is 2.03. The second-order valence-corrected chi connectivity index (χ2v) is 12.2. The molecule has 0 amide bonds. The number of hydrogen-bond acceptors (Lipinski definition) is 3. The second kappa shape index (κ2) is 6.02. The highest BCUT2D eigenvalue weighted by atomic mass is 28.4. The van der Waals surface area contributed by atoms with Crippen LogP contribution in [0.25, 0.3) is 0 Å². The Hall–Kier alpha value is 0.314. The maximum absolute atomic E-state index is 5.73. The standard InChI is InChI=1S/C9H24O3Si2/c1-7-11-13(3,4)9-8-12-14(5,6)10-2/h7-9H2,1-6H3. The molecule has 0 fully saturated rings. The van der Waals surface area contributed by atoms with Gasteiger partial charge >= 0.3 is 8.56 Å². The Morgan fingerprint density at radius 3 is 2.00 bits per heavy atom. The minimum atomic E-state index is -1.83. The van der Waals surface area contributed by atoms with Crippen molar-refractivity contribution < 1.29 is 13.3 Å². The predicted octanol–water partition coefficient (Wildman–Crippen LogP) is 2.59. The third-order valence-corrected chi connectivity index (χ3v) is 6.54. The molecule has 0 heterocycles. The molecule has 3 nitrogen and oxygen atoms in total. The molecule has 0 aromatic rings. The summed E-state index contributed by atoms with van der Waals surface area (Å²) in [4.78, 5) is 0. The van der Waals surface area contributed by atoms with Gasteiger partial charge in [-0.3, -0.25) is 0 Å². The fraction of sp³-hybridized carbons (Fsp3) is 1.00. The van der Waals surface area contributed by atoms with Gasteiger partial charge in [0.05, 0.1) is 0 Å². The van der Waals surface area contributed by atoms with Gasteiger partial charge in [-0.05, 0) is 39.2 Å². The van der Waals surface area contributed by atoms with Crippen molar-refractivity contribution in [2.75, 3.05) is 20.3 Å². The molecule has 14 heavy (non-hydrogen) atoms. The first kappa shape index (κ1) is 14.3. The summed E-state index contributed by atoms with van der Waals surface area (Å²) in [5, 5.41) is 0. The average molecular weight is 236 g/mol. The van der Waals surface area contributed by atoms with E-state index < -0.39 is 16.9 Å². The van der Waals surface area contributed by atoms with Crippen LogP contribution in [0.15, 0.2) is 0 Å². The molecule has 0 radical (unpaired) electrons. The number of hydrogen-bond donors (Lipinski definition) is 0. The van der Waals surface area contributed by atoms with Crippen LogP contribution in [-0.2, 0) is 13.3 Å². The highest BCUT2D eigenvalue weighted by Crippen LogP contribution is 2.13. The second-order valence-electron chi connectivity index (χ2n) is 4.40. The van der Waals surface area contributed by atoms with Gasteiger partial charge in [-0.15, -0.1) is 0 Å². The molecule has 0 unspecified atom stereocenters. The van der Waals surface area contributed by atoms with Gasteiger partial charge in [0.1, 0.15) is 0 Å². The summed E-state index contributed by atoms with van der Waals surface area (Å²) in [7, 11) is -1.59. The minimum absolute atomic E-state index is 0.770. The van der Waals surface area contributed by atoms with Crippen LogP contribution in [-0.4, -0.2) is 37.2 Å². The van der Waals surface area contributed by atoms with Crippen molar-refractivity contribution in [2.45, 2.75) is 39.2 Å². The van der Waals surface area contributed by atoms with Gasteiger partial charge in [-0.1, -0.05) is 0 Å². The first-order valence-electron chi connectivity index (χ1n) is 5.16. The van der Waals surface area contributed by atoms with E-state index in [-0.39, 0.29) is 0 Å². The molecule has 0 saturated carbocycles. The Morgan fingerprint density at radius 2 is 1.57 bits per heavy atom. The van der Waals surface area contributed by atoms with E-state index in [1.54, 1.807) is 7.11 Å². The van der Waals surface area contributed by atoms with Gasteiger partial charge in [-0.2, -0.15) is 0 Å². The fourth-order valence-electron chi connectivity index (χ4n) is 1.06. The van der Waals surface area contributed by atoms with E-state index in [4.69, 9.17) is 13.3 Å². The van der Waals surface area contributed by atoms with Crippen LogP contribution in [0.5, 0.6) is 0 Å². The molecule has 0 aliphatic heterocycles. The summed E-state index contributed by atoms with van der Waals surface area (Å²) >= 11 is 0. The Labute approximate surface area is 90.1 Å². The predicted molar refractivity (Wildman–Crippen MR) is 64.4 cm³/mol. The van der Waals surface area contributed by atoms with E-state index >= 15 is 0 Å². The Kier molecular flexibility index (Phi) is 6.15. The highest BCUT2D eigenvalue weighted by Gasteiger charge is 2.26. The van der Waals surface area contributed by atoms with Crippen LogP contribution in [0.2, 0.25) is 32.2 Å². The van der Waals surface area contributed by atoms with Crippen molar-refractivity contribution in [3.8, 4) is 0 Å². The quantitative estimate of drug-likeness (QED) is 0.636. The largest absolute Gasteiger partial charge is 0.418 e. The minimum Gasteiger partial charge on any atom is -0.418 e. The Bertz CT molecular complexity index is 160. The third-order valence-electron chi connectivity index (χ3n) is 2.18. The molecule has 0 atom stereocenters. The van der Waals surface area contributed by atoms with Crippen molar-refractivity contribution in [3.63, 3.8) is 0 Å². The zero-order chi connectivity index (χ0) is 11.2. The van der Waals surface area contributed by atoms with Crippen LogP contribution in [0.1, 0.15) is 6.92 Å². The topological polar surface area (TPSA) is 27.7 Å². The first-order chi connectivity index (χ1) is 6.33. The van der Waals surface area contributed by atoms with Crippen molar-refractivity contribution in [1.29, 1.82) is 0 Å². The normalized spacial score (nSPS) is 13.3. The van der Waals surface area contributed by atoms with E-state index in [1.807, 2.05) is 6.92 Å². The lowest BCUT2D eigenvalue weighted by Gasteiger charge is -2.25. The van der Waals surface area contributed by atoms with Gasteiger partial charge in [0, 0.05) is 20.3 Å². The molecule has 0 saturated heterocycles. The van der Waals surface area contributed by atoms with E-state index in [0.29, 0.717) is 0 Å². The van der Waals surface area contributed by atoms with Gasteiger partial charge in [0.25, 0.3) is 0 Å². The summed E-state index contributed by atoms with van der Waals surface area (Å²) in [6, 6.07) is 1.04. The zero-order valence-electron chi connectivity index (χ0n) is 10.3. The molecule has 0 aromatic carbocycles. The van der Waals surface area contributed by atoms with Gasteiger partial charge in [0.15, 0.2) is 8.32 Å². The molecule has 5 heteroatoms. The summed E-state index contributed by atoms with van der Waals surface area (Å²) < 4.78 is 16.7. The maximum Gasteiger partial charge on any atom is 0.331 e. The van der Waals surface area contributed by atoms with Gasteiger partial charge < -0.3 is 13.3 Å². The molecule has 0 aromatic heterocycles. The van der Waals surface area contributed by atoms with Crippen LogP contribution >= 0.6 is 0 Å². The third kappa shape index (κ3) is 6.72. The molecule has 0 rings (SSSR count). The molecule has 0 aliphatic rings. The summed E-state index contributed by atoms with van der Waals surface area (Å²) in [6.07, 6.45) is 0. The summed E-state index contributed by atoms with van der Waals surface area (Å²) in [6.45, 7) is 12.2. The van der Waals surface area contributed by atoms with E-state index in [9.17, 15) is 0 Å². The maximum atomic E-state index is 5.73. The van der Waals surface area contributed by atoms with E-state index in [2.05, 4.69) is 26.2 Å². The molecule has 0 N–H and O–H groups in total. The van der Waals surface area contributed by atoms with Crippen molar-refractivity contribution in [2.24, 2.45) is 0 Å². The molecule has 86 valence electrons. The lowest BCUT2D eigenvalue weighted by molar-refractivity contribution is 0.217. The molecular weight excluding hydrogens is 212 g/mol. The number of rotatable bonds is 7. The summed E-state index contributed by atoms with van der Waals surface area (Å²) in [5.41, 5.74) is 0. The lowest BCUT2D eigenvalue weighted by Crippen LogP contribution is -2.37. The molecule has 0 aliphatic carbocycles. The van der Waals surface area contributed by atoms with Crippen molar-refractivity contribution in [3.05, 3.63) is 0 Å². The first-order valence-corrected chi connectivity index (χ1v) is 11.1. The fourth-order valence-corrected chi connectivity index (χ4v) is 3.50. The van der Waals surface area contributed by atoms with Crippen molar-refractivity contribution in [1.82, 2.24) is 0 Å². The lowest BCUT2D eigenvalue weighted by atomic mass is 10.9. The molecule has 0 spiro atoms. The zero-order valence-corrected chi connectivity index (χ0v) is 12.3. The van der Waals surface area contributed by atoms with Crippen LogP contribution in [0, 0.1) is 0 Å². The smallest absolute Gasteiger partial charge is 0.331 e. The van der Waals surface area contributed by atoms with Crippen molar-refractivity contribution >= 4 is 16.9 Å². The molecule has 0 bridgehead atoms. The van der Waals surface area contributed by atoms with E-state index in [0.717, 1.165) is 19.3 Å². The molecular formula is C9H24O3Si2. The summed E-state index contributed by atoms with van der Waals surface area (Å²) in [5.74, 6) is 0.